The van der Waals surface area contributed by atoms with Crippen LogP contribution in [0.3, 0.4) is 0 Å². The average Bonchev–Trinajstić information content (AvgIpc) is 2.80. The van der Waals surface area contributed by atoms with Gasteiger partial charge in [0.1, 0.15) is 5.76 Å². The van der Waals surface area contributed by atoms with Gasteiger partial charge in [0.2, 0.25) is 0 Å². The van der Waals surface area contributed by atoms with Crippen LogP contribution in [0.25, 0.3) is 5.82 Å². The van der Waals surface area contributed by atoms with Gasteiger partial charge >= 0.3 is 11.7 Å². The third-order valence-electron chi connectivity index (χ3n) is 3.44. The average molecular weight is 291 g/mol. The van der Waals surface area contributed by atoms with Crippen LogP contribution >= 0.6 is 0 Å². The Morgan fingerprint density at radius 1 is 1.43 bits per heavy atom. The van der Waals surface area contributed by atoms with Crippen LogP contribution in [0.2, 0.25) is 0 Å². The van der Waals surface area contributed by atoms with E-state index in [1.165, 1.54) is 4.57 Å². The first-order chi connectivity index (χ1) is 9.81. The number of hydrogen-bond acceptors (Lipinski definition) is 5. The smallest absolute Gasteiger partial charge is 0.353 e. The van der Waals surface area contributed by atoms with Gasteiger partial charge in [-0.1, -0.05) is 12.1 Å². The van der Waals surface area contributed by atoms with Gasteiger partial charge in [0.05, 0.1) is 5.92 Å². The minimum atomic E-state index is -0.885. The third-order valence-corrected chi connectivity index (χ3v) is 3.44. The summed E-state index contributed by atoms with van der Waals surface area (Å²) in [5.41, 5.74) is 1.46. The SMILES string of the molecule is Cc1cc(-n2c(C)c(CC(C)C(=O)O)c(C)nc2=O)no1. The molecular weight excluding hydrogens is 274 g/mol. The van der Waals surface area contributed by atoms with E-state index in [4.69, 9.17) is 9.63 Å². The van der Waals surface area contributed by atoms with Crippen LogP contribution < -0.4 is 5.69 Å². The Bertz CT molecular complexity index is 745. The molecule has 0 bridgehead atoms. The van der Waals surface area contributed by atoms with E-state index in [0.29, 0.717) is 29.4 Å². The maximum absolute atomic E-state index is 12.1. The Balaban J connectivity index is 2.58. The number of nitrogens with zero attached hydrogens (tertiary/aromatic N) is 3. The van der Waals surface area contributed by atoms with Gasteiger partial charge in [-0.3, -0.25) is 4.79 Å². The lowest BCUT2D eigenvalue weighted by Gasteiger charge is -2.15. The summed E-state index contributed by atoms with van der Waals surface area (Å²) in [5, 5.41) is 12.9. The fourth-order valence-corrected chi connectivity index (χ4v) is 2.22. The largest absolute Gasteiger partial charge is 0.481 e. The van der Waals surface area contributed by atoms with E-state index in [-0.39, 0.29) is 0 Å². The van der Waals surface area contributed by atoms with Crippen LogP contribution in [0.4, 0.5) is 0 Å². The second-order valence-electron chi connectivity index (χ2n) is 5.12. The van der Waals surface area contributed by atoms with Gasteiger partial charge in [0.25, 0.3) is 0 Å². The monoisotopic (exact) mass is 291 g/mol. The molecule has 1 atom stereocenters. The molecule has 0 saturated heterocycles. The lowest BCUT2D eigenvalue weighted by atomic mass is 9.99. The highest BCUT2D eigenvalue weighted by molar-refractivity contribution is 5.70. The van der Waals surface area contributed by atoms with E-state index in [9.17, 15) is 9.59 Å². The Labute approximate surface area is 121 Å². The lowest BCUT2D eigenvalue weighted by molar-refractivity contribution is -0.141. The van der Waals surface area contributed by atoms with E-state index >= 15 is 0 Å². The summed E-state index contributed by atoms with van der Waals surface area (Å²) in [6.07, 6.45) is 0.303. The van der Waals surface area contributed by atoms with Crippen molar-refractivity contribution in [3.05, 3.63) is 39.3 Å². The standard InChI is InChI=1S/C14H17N3O4/c1-7(13(18)19)5-11-9(3)15-14(20)17(10(11)4)12-6-8(2)21-16-12/h6-7H,5H2,1-4H3,(H,18,19). The first-order valence-electron chi connectivity index (χ1n) is 6.57. The summed E-state index contributed by atoms with van der Waals surface area (Å²) in [4.78, 5) is 27.1. The van der Waals surface area contributed by atoms with E-state index in [1.54, 1.807) is 33.8 Å². The van der Waals surface area contributed by atoms with Crippen LogP contribution in [-0.2, 0) is 11.2 Å². The van der Waals surface area contributed by atoms with Crippen molar-refractivity contribution in [2.45, 2.75) is 34.1 Å². The van der Waals surface area contributed by atoms with Crippen molar-refractivity contribution in [1.82, 2.24) is 14.7 Å². The maximum Gasteiger partial charge on any atom is 0.353 e. The molecule has 0 radical (unpaired) electrons. The van der Waals surface area contributed by atoms with E-state index in [1.807, 2.05) is 0 Å². The normalized spacial score (nSPS) is 12.4. The van der Waals surface area contributed by atoms with Gasteiger partial charge in [-0.15, -0.1) is 0 Å². The van der Waals surface area contributed by atoms with Crippen LogP contribution in [0.1, 0.15) is 29.6 Å². The van der Waals surface area contributed by atoms with E-state index in [2.05, 4.69) is 10.1 Å². The number of aryl methyl sites for hydroxylation is 2. The Hall–Kier alpha value is -2.44. The van der Waals surface area contributed by atoms with Crippen molar-refractivity contribution >= 4 is 5.97 Å². The van der Waals surface area contributed by atoms with Gasteiger partial charge < -0.3 is 9.63 Å². The molecule has 0 aliphatic heterocycles. The highest BCUT2D eigenvalue weighted by Gasteiger charge is 2.19. The summed E-state index contributed by atoms with van der Waals surface area (Å²) in [6.45, 7) is 6.81. The molecule has 0 aromatic carbocycles. The van der Waals surface area contributed by atoms with Gasteiger partial charge in [-0.25, -0.2) is 9.36 Å². The number of rotatable bonds is 4. The molecule has 2 heterocycles. The summed E-state index contributed by atoms with van der Waals surface area (Å²) < 4.78 is 6.33. The van der Waals surface area contributed by atoms with Crippen LogP contribution in [0.5, 0.6) is 0 Å². The molecule has 7 nitrogen and oxygen atoms in total. The van der Waals surface area contributed by atoms with E-state index < -0.39 is 17.6 Å². The van der Waals surface area contributed by atoms with Crippen LogP contribution in [0, 0.1) is 26.7 Å². The van der Waals surface area contributed by atoms with Gasteiger partial charge in [0, 0.05) is 17.5 Å². The molecule has 0 aliphatic carbocycles. The van der Waals surface area contributed by atoms with Crippen molar-refractivity contribution in [1.29, 1.82) is 0 Å². The second-order valence-corrected chi connectivity index (χ2v) is 5.12. The molecule has 2 rings (SSSR count). The van der Waals surface area contributed by atoms with Gasteiger partial charge in [-0.2, -0.15) is 4.98 Å². The second kappa shape index (κ2) is 5.51. The molecule has 7 heteroatoms. The van der Waals surface area contributed by atoms with Crippen molar-refractivity contribution < 1.29 is 14.4 Å². The summed E-state index contributed by atoms with van der Waals surface area (Å²) in [5.74, 6) is -0.512. The molecule has 2 aromatic heterocycles. The van der Waals surface area contributed by atoms with Crippen LogP contribution in [0.15, 0.2) is 15.4 Å². The fourth-order valence-electron chi connectivity index (χ4n) is 2.22. The quantitative estimate of drug-likeness (QED) is 0.914. The summed E-state index contributed by atoms with van der Waals surface area (Å²) in [6, 6.07) is 1.63. The topological polar surface area (TPSA) is 98.2 Å². The highest BCUT2D eigenvalue weighted by Crippen LogP contribution is 2.18. The van der Waals surface area contributed by atoms with Crippen molar-refractivity contribution in [3.8, 4) is 5.82 Å². The zero-order valence-electron chi connectivity index (χ0n) is 12.4. The minimum absolute atomic E-state index is 0.303. The van der Waals surface area contributed by atoms with Gasteiger partial charge in [0.15, 0.2) is 5.82 Å². The molecule has 0 amide bonds. The Morgan fingerprint density at radius 2 is 2.10 bits per heavy atom. The molecule has 2 aromatic rings. The Kier molecular flexibility index (Phi) is 3.93. The number of carbonyl (C=O) groups is 1. The predicted molar refractivity (Wildman–Crippen MR) is 74.6 cm³/mol. The fraction of sp³-hybridized carbons (Fsp3) is 0.429. The third kappa shape index (κ3) is 2.86. The van der Waals surface area contributed by atoms with Gasteiger partial charge in [-0.05, 0) is 32.8 Å². The molecule has 0 saturated carbocycles. The van der Waals surface area contributed by atoms with Crippen LogP contribution in [-0.4, -0.2) is 25.8 Å². The highest BCUT2D eigenvalue weighted by atomic mass is 16.5. The molecule has 21 heavy (non-hydrogen) atoms. The molecule has 0 fully saturated rings. The first kappa shape index (κ1) is 15.0. The molecule has 112 valence electrons. The Morgan fingerprint density at radius 3 is 2.62 bits per heavy atom. The number of aliphatic carboxylic acids is 1. The lowest BCUT2D eigenvalue weighted by Crippen LogP contribution is -2.28. The summed E-state index contributed by atoms with van der Waals surface area (Å²) >= 11 is 0. The molecule has 1 unspecified atom stereocenters. The predicted octanol–water partition coefficient (Wildman–Crippen LogP) is 1.41. The molecular formula is C14H17N3O4. The summed E-state index contributed by atoms with van der Waals surface area (Å²) in [7, 11) is 0. The number of carboxylic acids is 1. The van der Waals surface area contributed by atoms with Crippen molar-refractivity contribution in [2.24, 2.45) is 5.92 Å². The number of carboxylic acid groups (broad SMARTS) is 1. The zero-order chi connectivity index (χ0) is 15.7. The zero-order valence-corrected chi connectivity index (χ0v) is 12.4. The number of aromatic nitrogens is 3. The molecule has 0 spiro atoms. The van der Waals surface area contributed by atoms with Crippen molar-refractivity contribution in [3.63, 3.8) is 0 Å². The molecule has 0 aliphatic rings. The number of hydrogen-bond donors (Lipinski definition) is 1. The van der Waals surface area contributed by atoms with Crippen molar-refractivity contribution in [2.75, 3.05) is 0 Å². The first-order valence-corrected chi connectivity index (χ1v) is 6.57. The maximum atomic E-state index is 12.1. The van der Waals surface area contributed by atoms with E-state index in [0.717, 1.165) is 5.56 Å². The molecule has 1 N–H and O–H groups in total. The minimum Gasteiger partial charge on any atom is -0.481 e.